The maximum Gasteiger partial charge on any atom is 0.122 e. The van der Waals surface area contributed by atoms with Gasteiger partial charge in [-0.1, -0.05) is 41.4 Å². The Kier molecular flexibility index (Phi) is 7.13. The van der Waals surface area contributed by atoms with E-state index in [2.05, 4.69) is 34.9 Å². The Hall–Kier alpha value is -1.59. The fourth-order valence-corrected chi connectivity index (χ4v) is 3.60. The monoisotopic (exact) mass is 388 g/mol. The number of aliphatic hydroxyl groups excluding tert-OH is 1. The Bertz CT molecular complexity index is 728. The van der Waals surface area contributed by atoms with Crippen molar-refractivity contribution in [1.29, 1.82) is 0 Å². The van der Waals surface area contributed by atoms with Crippen LogP contribution in [-0.4, -0.2) is 60.3 Å². The molecule has 1 atom stereocenters. The fourth-order valence-electron chi connectivity index (χ4n) is 3.48. The number of hydrogen-bond acceptors (Lipinski definition) is 4. The lowest BCUT2D eigenvalue weighted by Gasteiger charge is -2.35. The first kappa shape index (κ1) is 20.2. The average Bonchev–Trinajstić information content (AvgIpc) is 2.64. The number of nitrogens with zero attached hydrogens (tertiary/aromatic N) is 2. The molecule has 0 saturated carbocycles. The Morgan fingerprint density at radius 1 is 1.00 bits per heavy atom. The molecule has 1 fully saturated rings. The summed E-state index contributed by atoms with van der Waals surface area (Å²) >= 11 is 5.95. The van der Waals surface area contributed by atoms with Crippen LogP contribution < -0.4 is 4.74 Å². The van der Waals surface area contributed by atoms with Gasteiger partial charge in [-0.2, -0.15) is 0 Å². The topological polar surface area (TPSA) is 35.9 Å². The van der Waals surface area contributed by atoms with Gasteiger partial charge in [-0.05, 0) is 43.2 Å². The normalized spacial score (nSPS) is 17.0. The molecule has 0 aliphatic carbocycles. The van der Waals surface area contributed by atoms with E-state index in [0.717, 1.165) is 49.1 Å². The summed E-state index contributed by atoms with van der Waals surface area (Å²) in [7, 11) is 0. The molecule has 27 heavy (non-hydrogen) atoms. The quantitative estimate of drug-likeness (QED) is 0.787. The van der Waals surface area contributed by atoms with Crippen molar-refractivity contribution in [3.63, 3.8) is 0 Å². The molecule has 2 aromatic rings. The summed E-state index contributed by atoms with van der Waals surface area (Å²) in [5.74, 6) is 0.854. The summed E-state index contributed by atoms with van der Waals surface area (Å²) in [6.07, 6.45) is -0.478. The highest BCUT2D eigenvalue weighted by atomic mass is 35.5. The highest BCUT2D eigenvalue weighted by molar-refractivity contribution is 6.30. The van der Waals surface area contributed by atoms with Gasteiger partial charge in [0.25, 0.3) is 0 Å². The number of ether oxygens (including phenoxy) is 1. The second-order valence-electron chi connectivity index (χ2n) is 7.44. The Balaban J connectivity index is 1.38. The molecule has 146 valence electrons. The predicted molar refractivity (Wildman–Crippen MR) is 111 cm³/mol. The second-order valence-corrected chi connectivity index (χ2v) is 7.87. The van der Waals surface area contributed by atoms with Gasteiger partial charge in [0.1, 0.15) is 18.5 Å². The molecule has 1 aliphatic heterocycles. The van der Waals surface area contributed by atoms with Crippen LogP contribution in [0, 0.1) is 13.8 Å². The van der Waals surface area contributed by atoms with Crippen LogP contribution in [-0.2, 0) is 6.54 Å². The Morgan fingerprint density at radius 3 is 2.33 bits per heavy atom. The Labute approximate surface area is 167 Å². The molecule has 0 amide bonds. The highest BCUT2D eigenvalue weighted by Gasteiger charge is 2.19. The van der Waals surface area contributed by atoms with E-state index < -0.39 is 6.10 Å². The van der Waals surface area contributed by atoms with Crippen LogP contribution in [0.5, 0.6) is 5.75 Å². The molecular formula is C22H29ClN2O2. The molecule has 4 nitrogen and oxygen atoms in total. The van der Waals surface area contributed by atoms with E-state index >= 15 is 0 Å². The van der Waals surface area contributed by atoms with E-state index in [4.69, 9.17) is 16.3 Å². The highest BCUT2D eigenvalue weighted by Crippen LogP contribution is 2.19. The molecule has 1 unspecified atom stereocenters. The molecule has 1 saturated heterocycles. The minimum atomic E-state index is -0.478. The zero-order valence-electron chi connectivity index (χ0n) is 16.2. The van der Waals surface area contributed by atoms with Gasteiger partial charge in [-0.3, -0.25) is 9.80 Å². The van der Waals surface area contributed by atoms with Crippen molar-refractivity contribution in [1.82, 2.24) is 9.80 Å². The average molecular weight is 389 g/mol. The summed E-state index contributed by atoms with van der Waals surface area (Å²) in [6.45, 7) is 9.98. The number of aryl methyl sites for hydroxylation is 2. The maximum absolute atomic E-state index is 10.3. The molecule has 0 radical (unpaired) electrons. The van der Waals surface area contributed by atoms with Gasteiger partial charge < -0.3 is 9.84 Å². The van der Waals surface area contributed by atoms with Gasteiger partial charge in [-0.15, -0.1) is 0 Å². The number of halogens is 1. The molecule has 0 bridgehead atoms. The summed E-state index contributed by atoms with van der Waals surface area (Å²) < 4.78 is 5.81. The molecule has 1 N–H and O–H groups in total. The number of benzene rings is 2. The van der Waals surface area contributed by atoms with Crippen molar-refractivity contribution < 1.29 is 9.84 Å². The smallest absolute Gasteiger partial charge is 0.122 e. The number of hydrogen-bond donors (Lipinski definition) is 1. The van der Waals surface area contributed by atoms with E-state index in [1.165, 1.54) is 11.1 Å². The largest absolute Gasteiger partial charge is 0.491 e. The first-order valence-corrected chi connectivity index (χ1v) is 9.94. The number of piperazine rings is 1. The van der Waals surface area contributed by atoms with Crippen LogP contribution in [0.1, 0.15) is 16.7 Å². The van der Waals surface area contributed by atoms with E-state index in [0.29, 0.717) is 13.2 Å². The van der Waals surface area contributed by atoms with Crippen LogP contribution in [0.3, 0.4) is 0 Å². The van der Waals surface area contributed by atoms with Gasteiger partial charge in [0.05, 0.1) is 0 Å². The molecule has 2 aromatic carbocycles. The molecule has 3 rings (SSSR count). The SMILES string of the molecule is Cc1ccc(OCC(O)CN2CCN(Cc3ccc(Cl)cc3)CC2)c(C)c1. The van der Waals surface area contributed by atoms with Crippen molar-refractivity contribution >= 4 is 11.6 Å². The maximum atomic E-state index is 10.3. The van der Waals surface area contributed by atoms with Crippen LogP contribution in [0.2, 0.25) is 5.02 Å². The van der Waals surface area contributed by atoms with E-state index in [1.807, 2.05) is 31.2 Å². The second kappa shape index (κ2) is 9.56. The van der Waals surface area contributed by atoms with Gasteiger partial charge in [-0.25, -0.2) is 0 Å². The first-order valence-electron chi connectivity index (χ1n) is 9.57. The first-order chi connectivity index (χ1) is 13.0. The van der Waals surface area contributed by atoms with Crippen molar-refractivity contribution in [3.8, 4) is 5.75 Å². The number of aliphatic hydroxyl groups is 1. The van der Waals surface area contributed by atoms with E-state index in [1.54, 1.807) is 0 Å². The molecular weight excluding hydrogens is 360 g/mol. The summed E-state index contributed by atoms with van der Waals surface area (Å²) in [5, 5.41) is 11.1. The lowest BCUT2D eigenvalue weighted by Crippen LogP contribution is -2.48. The standard InChI is InChI=1S/C22H29ClN2O2/c1-17-3-8-22(18(2)13-17)27-16-21(26)15-25-11-9-24(10-12-25)14-19-4-6-20(23)7-5-19/h3-8,13,21,26H,9-12,14-16H2,1-2H3. The third-order valence-electron chi connectivity index (χ3n) is 5.01. The third kappa shape index (κ3) is 6.22. The van der Waals surface area contributed by atoms with Gasteiger partial charge in [0.15, 0.2) is 0 Å². The lowest BCUT2D eigenvalue weighted by atomic mass is 10.1. The molecule has 1 heterocycles. The molecule has 0 aromatic heterocycles. The van der Waals surface area contributed by atoms with Gasteiger partial charge >= 0.3 is 0 Å². The summed E-state index contributed by atoms with van der Waals surface area (Å²) in [5.41, 5.74) is 3.62. The summed E-state index contributed by atoms with van der Waals surface area (Å²) in [6, 6.07) is 14.2. The fraction of sp³-hybridized carbons (Fsp3) is 0.455. The lowest BCUT2D eigenvalue weighted by molar-refractivity contribution is 0.0445. The zero-order valence-corrected chi connectivity index (χ0v) is 17.0. The van der Waals surface area contributed by atoms with E-state index in [9.17, 15) is 5.11 Å². The van der Waals surface area contributed by atoms with Crippen LogP contribution >= 0.6 is 11.6 Å². The van der Waals surface area contributed by atoms with Crippen LogP contribution in [0.25, 0.3) is 0 Å². The molecule has 5 heteroatoms. The van der Waals surface area contributed by atoms with Crippen LogP contribution in [0.15, 0.2) is 42.5 Å². The van der Waals surface area contributed by atoms with Crippen molar-refractivity contribution in [3.05, 3.63) is 64.2 Å². The van der Waals surface area contributed by atoms with E-state index in [-0.39, 0.29) is 0 Å². The summed E-state index contributed by atoms with van der Waals surface area (Å²) in [4.78, 5) is 4.76. The minimum absolute atomic E-state index is 0.328. The van der Waals surface area contributed by atoms with Crippen molar-refractivity contribution in [2.24, 2.45) is 0 Å². The number of β-amino-alcohol motifs (C(OH)–C–C–N with tert-alkyl or cyclic N) is 1. The molecule has 0 spiro atoms. The predicted octanol–water partition coefficient (Wildman–Crippen LogP) is 3.51. The third-order valence-corrected chi connectivity index (χ3v) is 5.27. The minimum Gasteiger partial charge on any atom is -0.491 e. The number of rotatable bonds is 7. The van der Waals surface area contributed by atoms with Crippen molar-refractivity contribution in [2.45, 2.75) is 26.5 Å². The molecule has 1 aliphatic rings. The zero-order chi connectivity index (χ0) is 19.2. The van der Waals surface area contributed by atoms with Crippen LogP contribution in [0.4, 0.5) is 0 Å². The van der Waals surface area contributed by atoms with Gasteiger partial charge in [0, 0.05) is 44.3 Å². The Morgan fingerprint density at radius 2 is 1.67 bits per heavy atom. The van der Waals surface area contributed by atoms with Crippen molar-refractivity contribution in [2.75, 3.05) is 39.3 Å². The van der Waals surface area contributed by atoms with Gasteiger partial charge in [0.2, 0.25) is 0 Å².